The van der Waals surface area contributed by atoms with Crippen molar-refractivity contribution in [2.45, 2.75) is 13.3 Å². The number of hydrogen-bond donors (Lipinski definition) is 2. The summed E-state index contributed by atoms with van der Waals surface area (Å²) in [4.78, 5) is 15.6. The van der Waals surface area contributed by atoms with Gasteiger partial charge in [-0.05, 0) is 35.8 Å². The average molecular weight is 362 g/mol. The predicted octanol–water partition coefficient (Wildman–Crippen LogP) is 4.81. The molecule has 122 valence electrons. The summed E-state index contributed by atoms with van der Waals surface area (Å²) < 4.78 is 4.18. The number of aromatic nitrogens is 2. The Kier molecular flexibility index (Phi) is 4.68. The van der Waals surface area contributed by atoms with Gasteiger partial charge in [-0.2, -0.15) is 4.37 Å². The molecule has 2 heterocycles. The second-order valence-corrected chi connectivity index (χ2v) is 5.95. The Bertz CT molecular complexity index is 941. The van der Waals surface area contributed by atoms with Crippen molar-refractivity contribution in [3.8, 4) is 5.75 Å². The van der Waals surface area contributed by atoms with Crippen LogP contribution in [0.15, 0.2) is 40.7 Å². The van der Waals surface area contributed by atoms with Crippen molar-refractivity contribution in [3.05, 3.63) is 35.5 Å². The molecule has 2 N–H and O–H groups in total. The number of phenolic OH excluding ortho intramolecular Hbond substituents is 1. The van der Waals surface area contributed by atoms with Gasteiger partial charge in [-0.3, -0.25) is 4.79 Å². The first-order valence-corrected chi connectivity index (χ1v) is 8.18. The van der Waals surface area contributed by atoms with E-state index in [-0.39, 0.29) is 28.8 Å². The number of carbonyl (C=O) groups is 1. The largest absolute Gasteiger partial charge is 0.504 e. The van der Waals surface area contributed by atoms with E-state index in [0.29, 0.717) is 16.3 Å². The fourth-order valence-corrected chi connectivity index (χ4v) is 2.79. The van der Waals surface area contributed by atoms with E-state index < -0.39 is 0 Å². The van der Waals surface area contributed by atoms with E-state index in [4.69, 9.17) is 11.6 Å². The molecule has 1 aromatic carbocycles. The molecule has 9 heteroatoms. The summed E-state index contributed by atoms with van der Waals surface area (Å²) in [6.07, 6.45) is 1.94. The van der Waals surface area contributed by atoms with Crippen molar-refractivity contribution >= 4 is 56.4 Å². The van der Waals surface area contributed by atoms with Crippen LogP contribution >= 0.6 is 23.1 Å². The van der Waals surface area contributed by atoms with Crippen molar-refractivity contribution in [2.75, 3.05) is 5.32 Å². The van der Waals surface area contributed by atoms with Crippen LogP contribution in [-0.4, -0.2) is 20.4 Å². The highest BCUT2D eigenvalue weighted by Gasteiger charge is 2.11. The van der Waals surface area contributed by atoms with Gasteiger partial charge in [-0.1, -0.05) is 18.5 Å². The van der Waals surface area contributed by atoms with Gasteiger partial charge in [0.05, 0.1) is 21.8 Å². The van der Waals surface area contributed by atoms with Crippen molar-refractivity contribution in [3.63, 3.8) is 0 Å². The second kappa shape index (κ2) is 6.90. The van der Waals surface area contributed by atoms with Crippen LogP contribution in [-0.2, 0) is 4.79 Å². The molecule has 2 aromatic heterocycles. The molecule has 0 aliphatic rings. The van der Waals surface area contributed by atoms with Gasteiger partial charge in [-0.15, -0.1) is 10.2 Å². The number of rotatable bonds is 4. The van der Waals surface area contributed by atoms with Crippen LogP contribution in [0.4, 0.5) is 16.4 Å². The Labute approximate surface area is 146 Å². The lowest BCUT2D eigenvalue weighted by Crippen LogP contribution is -2.09. The summed E-state index contributed by atoms with van der Waals surface area (Å²) in [6, 6.07) is 6.62. The van der Waals surface area contributed by atoms with E-state index in [2.05, 4.69) is 24.9 Å². The smallest absolute Gasteiger partial charge is 0.224 e. The fourth-order valence-electron chi connectivity index (χ4n) is 1.92. The molecular formula is C15H12ClN5O2S. The molecule has 0 saturated heterocycles. The molecule has 3 aromatic rings. The number of aromatic hydroxyl groups is 1. The van der Waals surface area contributed by atoms with Crippen molar-refractivity contribution in [1.82, 2.24) is 9.36 Å². The summed E-state index contributed by atoms with van der Waals surface area (Å²) >= 11 is 7.16. The second-order valence-electron chi connectivity index (χ2n) is 4.79. The zero-order chi connectivity index (χ0) is 17.1. The first-order chi connectivity index (χ1) is 11.6. The highest BCUT2D eigenvalue weighted by molar-refractivity contribution is 7.11. The van der Waals surface area contributed by atoms with Crippen LogP contribution in [0.3, 0.4) is 0 Å². The van der Waals surface area contributed by atoms with E-state index in [9.17, 15) is 9.90 Å². The number of hydrogen-bond acceptors (Lipinski definition) is 7. The quantitative estimate of drug-likeness (QED) is 0.514. The van der Waals surface area contributed by atoms with Crippen LogP contribution in [0.5, 0.6) is 5.75 Å². The minimum atomic E-state index is -0.241. The SMILES string of the molecule is CCC(=O)Nc1cc(N=Nc2snc3ncccc23)cc(Cl)c1O. The summed E-state index contributed by atoms with van der Waals surface area (Å²) in [6.45, 7) is 1.71. The van der Waals surface area contributed by atoms with Gasteiger partial charge in [0.15, 0.2) is 16.4 Å². The number of halogens is 1. The van der Waals surface area contributed by atoms with Gasteiger partial charge in [0, 0.05) is 12.6 Å². The number of benzene rings is 1. The third-order valence-corrected chi connectivity index (χ3v) is 4.16. The minimum Gasteiger partial charge on any atom is -0.504 e. The molecule has 0 spiro atoms. The molecule has 0 atom stereocenters. The average Bonchev–Trinajstić information content (AvgIpc) is 3.00. The lowest BCUT2D eigenvalue weighted by molar-refractivity contribution is -0.115. The van der Waals surface area contributed by atoms with Crippen LogP contribution in [0, 0.1) is 0 Å². The maximum Gasteiger partial charge on any atom is 0.224 e. The minimum absolute atomic E-state index is 0.0775. The lowest BCUT2D eigenvalue weighted by atomic mass is 10.2. The van der Waals surface area contributed by atoms with Crippen LogP contribution in [0.1, 0.15) is 13.3 Å². The number of nitrogens with one attached hydrogen (secondary N) is 1. The molecule has 0 aliphatic carbocycles. The third-order valence-electron chi connectivity index (χ3n) is 3.14. The van der Waals surface area contributed by atoms with E-state index >= 15 is 0 Å². The molecule has 0 saturated carbocycles. The van der Waals surface area contributed by atoms with Crippen LogP contribution in [0.2, 0.25) is 5.02 Å². The zero-order valence-electron chi connectivity index (χ0n) is 12.5. The zero-order valence-corrected chi connectivity index (χ0v) is 14.1. The molecular weight excluding hydrogens is 350 g/mol. The Morgan fingerprint density at radius 1 is 1.42 bits per heavy atom. The molecule has 0 fully saturated rings. The topological polar surface area (TPSA) is 99.8 Å². The first-order valence-electron chi connectivity index (χ1n) is 7.03. The fraction of sp³-hybridized carbons (Fsp3) is 0.133. The van der Waals surface area contributed by atoms with Gasteiger partial charge < -0.3 is 10.4 Å². The predicted molar refractivity (Wildman–Crippen MR) is 93.6 cm³/mol. The van der Waals surface area contributed by atoms with Crippen molar-refractivity contribution in [2.24, 2.45) is 10.2 Å². The standard InChI is InChI=1S/C15H12ClN5O2S/c1-2-12(22)18-11-7-8(6-10(16)13(11)23)19-20-15-9-4-3-5-17-14(9)21-24-15/h3-7,23H,2H2,1H3,(H,18,22). The highest BCUT2D eigenvalue weighted by atomic mass is 35.5. The normalized spacial score (nSPS) is 11.2. The summed E-state index contributed by atoms with van der Waals surface area (Å²) in [5, 5.41) is 22.3. The van der Waals surface area contributed by atoms with Crippen molar-refractivity contribution in [1.29, 1.82) is 0 Å². The number of anilines is 1. The van der Waals surface area contributed by atoms with Crippen LogP contribution < -0.4 is 5.32 Å². The molecule has 0 bridgehead atoms. The van der Waals surface area contributed by atoms with E-state index in [0.717, 1.165) is 5.39 Å². The number of carbonyl (C=O) groups excluding carboxylic acids is 1. The Morgan fingerprint density at radius 2 is 2.25 bits per heavy atom. The molecule has 0 radical (unpaired) electrons. The van der Waals surface area contributed by atoms with E-state index in [1.807, 2.05) is 6.07 Å². The molecule has 24 heavy (non-hydrogen) atoms. The summed E-state index contributed by atoms with van der Waals surface area (Å²) in [5.74, 6) is -0.445. The number of phenols is 1. The van der Waals surface area contributed by atoms with Gasteiger partial charge in [0.1, 0.15) is 0 Å². The van der Waals surface area contributed by atoms with Gasteiger partial charge in [0.25, 0.3) is 0 Å². The molecule has 3 rings (SSSR count). The number of azo groups is 1. The maximum atomic E-state index is 11.5. The Hall–Kier alpha value is -2.58. The number of amides is 1. The molecule has 7 nitrogen and oxygen atoms in total. The van der Waals surface area contributed by atoms with Crippen molar-refractivity contribution < 1.29 is 9.90 Å². The van der Waals surface area contributed by atoms with E-state index in [1.165, 1.54) is 23.7 Å². The Morgan fingerprint density at radius 3 is 3.04 bits per heavy atom. The number of fused-ring (bicyclic) bond motifs is 1. The summed E-state index contributed by atoms with van der Waals surface area (Å²) in [5.41, 5.74) is 1.20. The number of nitrogens with zero attached hydrogens (tertiary/aromatic N) is 4. The molecule has 1 amide bonds. The Balaban J connectivity index is 1.93. The molecule has 0 aliphatic heterocycles. The van der Waals surface area contributed by atoms with Gasteiger partial charge >= 0.3 is 0 Å². The van der Waals surface area contributed by atoms with Gasteiger partial charge in [-0.25, -0.2) is 4.98 Å². The third kappa shape index (κ3) is 3.34. The van der Waals surface area contributed by atoms with E-state index in [1.54, 1.807) is 19.2 Å². The van der Waals surface area contributed by atoms with Crippen LogP contribution in [0.25, 0.3) is 11.0 Å². The monoisotopic (exact) mass is 361 g/mol. The first kappa shape index (κ1) is 16.3. The number of pyridine rings is 1. The maximum absolute atomic E-state index is 11.5. The van der Waals surface area contributed by atoms with Gasteiger partial charge in [0.2, 0.25) is 5.91 Å². The summed E-state index contributed by atoms with van der Waals surface area (Å²) in [7, 11) is 0. The lowest BCUT2D eigenvalue weighted by Gasteiger charge is -2.08. The molecule has 0 unspecified atom stereocenters. The highest BCUT2D eigenvalue weighted by Crippen LogP contribution is 2.37.